The van der Waals surface area contributed by atoms with Gasteiger partial charge in [-0.05, 0) is 48.4 Å². The van der Waals surface area contributed by atoms with E-state index in [0.29, 0.717) is 46.7 Å². The number of pyridine rings is 1. The minimum Gasteiger partial charge on any atom is -0.491 e. The molecule has 2 N–H and O–H groups in total. The molecule has 204 valence electrons. The largest absolute Gasteiger partial charge is 0.491 e. The first-order valence-electron chi connectivity index (χ1n) is 12.3. The normalized spacial score (nSPS) is 26.3. The average molecular weight is 556 g/mol. The van der Waals surface area contributed by atoms with Crippen molar-refractivity contribution in [3.05, 3.63) is 45.9 Å². The second-order valence-electron chi connectivity index (χ2n) is 9.55. The van der Waals surface area contributed by atoms with Crippen LogP contribution in [0.1, 0.15) is 29.2 Å². The van der Waals surface area contributed by atoms with Crippen molar-refractivity contribution >= 4 is 22.8 Å². The molecular formula is C25H25ClF3N3O6. The summed E-state index contributed by atoms with van der Waals surface area (Å²) in [4.78, 5) is 12.1. The van der Waals surface area contributed by atoms with E-state index < -0.39 is 30.7 Å². The molecule has 1 aromatic carbocycles. The quantitative estimate of drug-likeness (QED) is 0.386. The maximum absolute atomic E-state index is 15.1. The Bertz CT molecular complexity index is 1330. The number of fused-ring (bicyclic) bond motifs is 3. The maximum atomic E-state index is 15.1. The van der Waals surface area contributed by atoms with Crippen LogP contribution in [0.25, 0.3) is 11.2 Å². The Hall–Kier alpha value is -2.64. The molecule has 38 heavy (non-hydrogen) atoms. The predicted octanol–water partition coefficient (Wildman–Crippen LogP) is 3.55. The number of aliphatic hydroxyl groups excluding tert-OH is 1. The molecular weight excluding hydrogens is 531 g/mol. The number of rotatable bonds is 9. The summed E-state index contributed by atoms with van der Waals surface area (Å²) in [5, 5.41) is 10.3. The summed E-state index contributed by atoms with van der Waals surface area (Å²) in [5.74, 6) is -0.284. The molecule has 0 saturated carbocycles. The van der Waals surface area contributed by atoms with Gasteiger partial charge in [0.1, 0.15) is 36.5 Å². The van der Waals surface area contributed by atoms with Crippen LogP contribution < -0.4 is 9.47 Å². The molecule has 6 rings (SSSR count). The Kier molecular flexibility index (Phi) is 7.08. The van der Waals surface area contributed by atoms with Crippen molar-refractivity contribution in [1.82, 2.24) is 15.0 Å². The fraction of sp³-hybridized carbons (Fsp3) is 0.520. The van der Waals surface area contributed by atoms with Gasteiger partial charge < -0.3 is 33.8 Å². The molecule has 1 unspecified atom stereocenters. The molecule has 0 radical (unpaired) electrons. The summed E-state index contributed by atoms with van der Waals surface area (Å²) in [6, 6.07) is 4.96. The third kappa shape index (κ3) is 5.03. The molecule has 2 aromatic heterocycles. The Balaban J connectivity index is 1.14. The van der Waals surface area contributed by atoms with E-state index >= 15 is 4.39 Å². The highest BCUT2D eigenvalue weighted by Crippen LogP contribution is 2.40. The zero-order chi connectivity index (χ0) is 26.4. The van der Waals surface area contributed by atoms with Crippen LogP contribution in [0.4, 0.5) is 13.2 Å². The number of imidazole rings is 1. The van der Waals surface area contributed by atoms with Crippen LogP contribution in [0.5, 0.6) is 11.8 Å². The van der Waals surface area contributed by atoms with Gasteiger partial charge in [-0.3, -0.25) is 0 Å². The standard InChI is InChI=1S/C25H25ClF3N3O6/c26-14-8-17-23(32-25(31-17)38-19-10-37-21-18(33)9-36-22(19)21)30-16(14)6-12-2-1-11-5-13(7-15(27)20(11)12)34-3-4-35-24(28)29/h5,7-8,12,18-19,21-22,24,33H,1-4,6,9-10H2,(H,30,31,32)/t12?,18-,19-,21-,22-/m1/s1. The maximum Gasteiger partial charge on any atom is 0.345 e. The van der Waals surface area contributed by atoms with E-state index in [4.69, 9.17) is 30.5 Å². The molecule has 0 spiro atoms. The lowest BCUT2D eigenvalue weighted by Gasteiger charge is -2.15. The molecule has 4 heterocycles. The Morgan fingerprint density at radius 2 is 1.97 bits per heavy atom. The number of H-pyrrole nitrogens is 1. The van der Waals surface area contributed by atoms with Crippen LogP contribution in [0.15, 0.2) is 18.2 Å². The number of aryl methyl sites for hydroxylation is 1. The van der Waals surface area contributed by atoms with Crippen molar-refractivity contribution < 1.29 is 42.0 Å². The van der Waals surface area contributed by atoms with Gasteiger partial charge in [-0.1, -0.05) is 11.6 Å². The molecule has 3 aromatic rings. The number of aromatic nitrogens is 3. The number of halogens is 4. The molecule has 2 fully saturated rings. The van der Waals surface area contributed by atoms with Gasteiger partial charge in [-0.2, -0.15) is 13.8 Å². The lowest BCUT2D eigenvalue weighted by molar-refractivity contribution is -0.133. The molecule has 2 saturated heterocycles. The zero-order valence-corrected chi connectivity index (χ0v) is 20.8. The van der Waals surface area contributed by atoms with Gasteiger partial charge in [0, 0.05) is 6.07 Å². The number of nitrogens with one attached hydrogen (secondary N) is 1. The third-order valence-corrected chi connectivity index (χ3v) is 7.44. The van der Waals surface area contributed by atoms with Crippen LogP contribution in [-0.4, -0.2) is 77.5 Å². The van der Waals surface area contributed by atoms with Crippen LogP contribution >= 0.6 is 11.6 Å². The van der Waals surface area contributed by atoms with E-state index in [0.717, 1.165) is 5.56 Å². The van der Waals surface area contributed by atoms with Crippen LogP contribution in [0.2, 0.25) is 5.02 Å². The molecule has 13 heteroatoms. The Morgan fingerprint density at radius 3 is 2.82 bits per heavy atom. The fourth-order valence-corrected chi connectivity index (χ4v) is 5.65. The number of aliphatic hydroxyl groups is 1. The molecule has 2 aliphatic heterocycles. The first-order chi connectivity index (χ1) is 18.4. The van der Waals surface area contributed by atoms with Crippen molar-refractivity contribution in [3.63, 3.8) is 0 Å². The zero-order valence-electron chi connectivity index (χ0n) is 20.0. The lowest BCUT2D eigenvalue weighted by atomic mass is 9.95. The van der Waals surface area contributed by atoms with E-state index in [-0.39, 0.29) is 50.2 Å². The molecule has 0 bridgehead atoms. The van der Waals surface area contributed by atoms with E-state index in [1.54, 1.807) is 12.1 Å². The van der Waals surface area contributed by atoms with E-state index in [9.17, 15) is 13.9 Å². The van der Waals surface area contributed by atoms with Crippen molar-refractivity contribution in [3.8, 4) is 11.8 Å². The summed E-state index contributed by atoms with van der Waals surface area (Å²) in [7, 11) is 0. The minimum atomic E-state index is -2.87. The van der Waals surface area contributed by atoms with E-state index in [2.05, 4.69) is 19.7 Å². The first kappa shape index (κ1) is 25.6. The monoisotopic (exact) mass is 555 g/mol. The molecule has 3 aliphatic rings. The second-order valence-corrected chi connectivity index (χ2v) is 9.95. The predicted molar refractivity (Wildman–Crippen MR) is 127 cm³/mol. The Labute approximate surface area is 220 Å². The highest BCUT2D eigenvalue weighted by molar-refractivity contribution is 6.31. The van der Waals surface area contributed by atoms with Gasteiger partial charge in [0.25, 0.3) is 6.01 Å². The van der Waals surface area contributed by atoms with Gasteiger partial charge in [0.15, 0.2) is 11.8 Å². The topological polar surface area (TPSA) is 108 Å². The van der Waals surface area contributed by atoms with Gasteiger partial charge in [0.05, 0.1) is 36.1 Å². The van der Waals surface area contributed by atoms with E-state index in [1.807, 2.05) is 0 Å². The van der Waals surface area contributed by atoms with Gasteiger partial charge in [0.2, 0.25) is 0 Å². The molecule has 9 nitrogen and oxygen atoms in total. The number of ether oxygens (including phenoxy) is 5. The van der Waals surface area contributed by atoms with Crippen molar-refractivity contribution in [2.45, 2.75) is 56.2 Å². The Morgan fingerprint density at radius 1 is 1.13 bits per heavy atom. The highest BCUT2D eigenvalue weighted by atomic mass is 35.5. The van der Waals surface area contributed by atoms with Gasteiger partial charge in [-0.25, -0.2) is 9.37 Å². The first-order valence-corrected chi connectivity index (χ1v) is 12.7. The summed E-state index contributed by atoms with van der Waals surface area (Å²) < 4.78 is 65.9. The van der Waals surface area contributed by atoms with Crippen LogP contribution in [0.3, 0.4) is 0 Å². The average Bonchev–Trinajstić information content (AvgIpc) is 3.64. The number of alkyl halides is 2. The number of benzene rings is 1. The number of hydrogen-bond acceptors (Lipinski definition) is 8. The summed E-state index contributed by atoms with van der Waals surface area (Å²) >= 11 is 6.54. The highest BCUT2D eigenvalue weighted by Gasteiger charge is 2.48. The fourth-order valence-electron chi connectivity index (χ4n) is 5.42. The summed E-state index contributed by atoms with van der Waals surface area (Å²) in [5.41, 5.74) is 2.98. The number of hydrogen-bond donors (Lipinski definition) is 2. The summed E-state index contributed by atoms with van der Waals surface area (Å²) in [6.45, 7) is -2.80. The van der Waals surface area contributed by atoms with Crippen molar-refractivity contribution in [1.29, 1.82) is 0 Å². The van der Waals surface area contributed by atoms with Crippen molar-refractivity contribution in [2.75, 3.05) is 26.4 Å². The SMILES string of the molecule is O[C@@H]1CO[C@H]2[C@@H]1OC[C@H]2Oc1nc2nc(CC3CCc4cc(OCCOC(F)F)cc(F)c43)c(Cl)cc2[nH]1. The number of nitrogens with zero attached hydrogens (tertiary/aromatic N) is 2. The number of aromatic amines is 1. The lowest BCUT2D eigenvalue weighted by Crippen LogP contribution is -2.34. The second kappa shape index (κ2) is 10.5. The van der Waals surface area contributed by atoms with Gasteiger partial charge in [-0.15, -0.1) is 0 Å². The summed E-state index contributed by atoms with van der Waals surface area (Å²) in [6.07, 6.45) is -0.133. The molecule has 5 atom stereocenters. The molecule has 1 aliphatic carbocycles. The minimum absolute atomic E-state index is 0.106. The molecule has 0 amide bonds. The van der Waals surface area contributed by atoms with Gasteiger partial charge >= 0.3 is 6.61 Å². The smallest absolute Gasteiger partial charge is 0.345 e. The third-order valence-electron chi connectivity index (χ3n) is 7.12. The van der Waals surface area contributed by atoms with Crippen LogP contribution in [0, 0.1) is 5.82 Å². The van der Waals surface area contributed by atoms with E-state index in [1.165, 1.54) is 6.07 Å². The van der Waals surface area contributed by atoms with Crippen molar-refractivity contribution in [2.24, 2.45) is 0 Å². The van der Waals surface area contributed by atoms with Crippen LogP contribution in [-0.2, 0) is 27.1 Å².